The van der Waals surface area contributed by atoms with Gasteiger partial charge in [0, 0.05) is 18.7 Å². The van der Waals surface area contributed by atoms with Crippen LogP contribution < -0.4 is 16.4 Å². The van der Waals surface area contributed by atoms with Crippen LogP contribution in [0.4, 0.5) is 5.00 Å². The van der Waals surface area contributed by atoms with Crippen molar-refractivity contribution in [1.29, 1.82) is 0 Å². The van der Waals surface area contributed by atoms with Crippen LogP contribution >= 0.6 is 11.3 Å². The van der Waals surface area contributed by atoms with Crippen LogP contribution in [0.5, 0.6) is 0 Å². The summed E-state index contributed by atoms with van der Waals surface area (Å²) in [5.41, 5.74) is 7.58. The average Bonchev–Trinajstić information content (AvgIpc) is 3.00. The molecule has 0 aliphatic heterocycles. The minimum absolute atomic E-state index is 0.226. The Morgan fingerprint density at radius 3 is 2.43 bits per heavy atom. The van der Waals surface area contributed by atoms with E-state index in [1.807, 2.05) is 12.1 Å². The molecule has 0 saturated heterocycles. The fourth-order valence-corrected chi connectivity index (χ4v) is 2.84. The molecule has 1 aromatic carbocycles. The summed E-state index contributed by atoms with van der Waals surface area (Å²) in [7, 11) is 0. The van der Waals surface area contributed by atoms with Gasteiger partial charge in [0.05, 0.1) is 5.56 Å². The van der Waals surface area contributed by atoms with Crippen LogP contribution in [-0.4, -0.2) is 24.9 Å². The van der Waals surface area contributed by atoms with Crippen LogP contribution in [0, 0.1) is 0 Å². The lowest BCUT2D eigenvalue weighted by molar-refractivity contribution is 0.0956. The second-order valence-electron chi connectivity index (χ2n) is 5.44. The normalized spacial score (nSPS) is 10.6. The molecular weight excluding hydrogens is 310 g/mol. The molecule has 1 heterocycles. The molecule has 0 atom stereocenters. The molecule has 1 aromatic heterocycles. The zero-order valence-corrected chi connectivity index (χ0v) is 14.1. The minimum atomic E-state index is -0.234. The maximum Gasteiger partial charge on any atom is 0.256 e. The molecule has 4 N–H and O–H groups in total. The molecule has 0 saturated carbocycles. The van der Waals surface area contributed by atoms with Crippen LogP contribution in [0.25, 0.3) is 0 Å². The Morgan fingerprint density at radius 2 is 1.83 bits per heavy atom. The Morgan fingerprint density at radius 1 is 1.13 bits per heavy atom. The molecule has 0 aliphatic carbocycles. The first kappa shape index (κ1) is 17.2. The summed E-state index contributed by atoms with van der Waals surface area (Å²) in [6, 6.07) is 9.18. The van der Waals surface area contributed by atoms with Crippen molar-refractivity contribution in [2.45, 2.75) is 19.8 Å². The fraction of sp³-hybridized carbons (Fsp3) is 0.294. The van der Waals surface area contributed by atoms with Crippen LogP contribution in [0.3, 0.4) is 0 Å². The molecule has 0 radical (unpaired) electrons. The molecule has 6 heteroatoms. The van der Waals surface area contributed by atoms with Crippen LogP contribution in [0.1, 0.15) is 46.0 Å². The first-order chi connectivity index (χ1) is 11.0. The molecule has 23 heavy (non-hydrogen) atoms. The summed E-state index contributed by atoms with van der Waals surface area (Å²) in [6.07, 6.45) is 0. The molecule has 2 aromatic rings. The van der Waals surface area contributed by atoms with E-state index in [0.717, 1.165) is 0 Å². The van der Waals surface area contributed by atoms with E-state index in [1.54, 1.807) is 23.6 Å². The van der Waals surface area contributed by atoms with Crippen molar-refractivity contribution in [3.8, 4) is 0 Å². The van der Waals surface area contributed by atoms with Gasteiger partial charge in [0.2, 0.25) is 0 Å². The quantitative estimate of drug-likeness (QED) is 0.761. The number of amides is 2. The van der Waals surface area contributed by atoms with Gasteiger partial charge >= 0.3 is 0 Å². The molecule has 122 valence electrons. The highest BCUT2D eigenvalue weighted by molar-refractivity contribution is 7.14. The molecule has 0 aliphatic rings. The topological polar surface area (TPSA) is 84.2 Å². The number of rotatable bonds is 6. The Bertz CT molecular complexity index is 677. The van der Waals surface area contributed by atoms with E-state index in [2.05, 4.69) is 24.5 Å². The van der Waals surface area contributed by atoms with E-state index < -0.39 is 0 Å². The van der Waals surface area contributed by atoms with Gasteiger partial charge in [-0.2, -0.15) is 0 Å². The number of carbonyl (C=O) groups is 2. The Labute approximate surface area is 139 Å². The Balaban J connectivity index is 2.09. The maximum atomic E-state index is 12.3. The first-order valence-electron chi connectivity index (χ1n) is 7.50. The number of anilines is 1. The summed E-state index contributed by atoms with van der Waals surface area (Å²) >= 11 is 1.32. The van der Waals surface area contributed by atoms with E-state index in [0.29, 0.717) is 35.1 Å². The van der Waals surface area contributed by atoms with E-state index in [4.69, 9.17) is 5.73 Å². The van der Waals surface area contributed by atoms with E-state index >= 15 is 0 Å². The maximum absolute atomic E-state index is 12.3. The lowest BCUT2D eigenvalue weighted by atomic mass is 10.0. The average molecular weight is 331 g/mol. The number of hydrogen-bond acceptors (Lipinski definition) is 4. The second-order valence-corrected chi connectivity index (χ2v) is 6.35. The number of nitrogens with one attached hydrogen (secondary N) is 2. The van der Waals surface area contributed by atoms with Crippen molar-refractivity contribution in [2.75, 3.05) is 18.4 Å². The summed E-state index contributed by atoms with van der Waals surface area (Å²) in [5.74, 6) is -0.0416. The highest BCUT2D eigenvalue weighted by Gasteiger charge is 2.15. The monoisotopic (exact) mass is 331 g/mol. The van der Waals surface area contributed by atoms with Gasteiger partial charge in [-0.05, 0) is 35.1 Å². The minimum Gasteiger partial charge on any atom is -0.351 e. The zero-order chi connectivity index (χ0) is 16.8. The van der Waals surface area contributed by atoms with Crippen molar-refractivity contribution in [3.05, 3.63) is 52.4 Å². The van der Waals surface area contributed by atoms with Crippen LogP contribution in [0.2, 0.25) is 0 Å². The molecule has 5 nitrogen and oxygen atoms in total. The standard InChI is InChI=1S/C17H21N3O2S/c1-11(2)12-3-5-13(6-4-12)15(21)20-17-14(7-10-23-17)16(22)19-9-8-18/h3-7,10-11H,8-9,18H2,1-2H3,(H,19,22)(H,20,21). The second kappa shape index (κ2) is 7.89. The number of benzene rings is 1. The third-order valence-corrected chi connectivity index (χ3v) is 4.24. The van der Waals surface area contributed by atoms with Gasteiger partial charge < -0.3 is 16.4 Å². The van der Waals surface area contributed by atoms with Crippen molar-refractivity contribution >= 4 is 28.2 Å². The van der Waals surface area contributed by atoms with Gasteiger partial charge in [0.1, 0.15) is 5.00 Å². The first-order valence-corrected chi connectivity index (χ1v) is 8.38. The van der Waals surface area contributed by atoms with Gasteiger partial charge in [-0.3, -0.25) is 9.59 Å². The third kappa shape index (κ3) is 4.40. The van der Waals surface area contributed by atoms with Gasteiger partial charge in [0.25, 0.3) is 11.8 Å². The van der Waals surface area contributed by atoms with Crippen LogP contribution in [0.15, 0.2) is 35.7 Å². The largest absolute Gasteiger partial charge is 0.351 e. The molecule has 0 bridgehead atoms. The smallest absolute Gasteiger partial charge is 0.256 e. The molecule has 2 amide bonds. The molecule has 2 rings (SSSR count). The van der Waals surface area contributed by atoms with Gasteiger partial charge in [-0.25, -0.2) is 0 Å². The van der Waals surface area contributed by atoms with Crippen LogP contribution in [-0.2, 0) is 0 Å². The Hall–Kier alpha value is -2.18. The molecular formula is C17H21N3O2S. The number of thiophene rings is 1. The van der Waals surface area contributed by atoms with Crippen molar-refractivity contribution < 1.29 is 9.59 Å². The van der Waals surface area contributed by atoms with Gasteiger partial charge in [-0.15, -0.1) is 11.3 Å². The highest BCUT2D eigenvalue weighted by atomic mass is 32.1. The summed E-state index contributed by atoms with van der Waals surface area (Å²) < 4.78 is 0. The number of carbonyl (C=O) groups excluding carboxylic acids is 2. The zero-order valence-electron chi connectivity index (χ0n) is 13.3. The van der Waals surface area contributed by atoms with Gasteiger partial charge in [-0.1, -0.05) is 26.0 Å². The highest BCUT2D eigenvalue weighted by Crippen LogP contribution is 2.24. The summed E-state index contributed by atoms with van der Waals surface area (Å²) in [4.78, 5) is 24.3. The van der Waals surface area contributed by atoms with E-state index in [9.17, 15) is 9.59 Å². The molecule has 0 unspecified atom stereocenters. The SMILES string of the molecule is CC(C)c1ccc(C(=O)Nc2sccc2C(=O)NCCN)cc1. The predicted octanol–water partition coefficient (Wildman–Crippen LogP) is 2.81. The number of hydrogen-bond donors (Lipinski definition) is 3. The lowest BCUT2D eigenvalue weighted by Crippen LogP contribution is -2.29. The lowest BCUT2D eigenvalue weighted by Gasteiger charge is -2.09. The van der Waals surface area contributed by atoms with Crippen molar-refractivity contribution in [3.63, 3.8) is 0 Å². The van der Waals surface area contributed by atoms with E-state index in [1.165, 1.54) is 16.9 Å². The third-order valence-electron chi connectivity index (χ3n) is 3.41. The predicted molar refractivity (Wildman–Crippen MR) is 94.2 cm³/mol. The number of nitrogens with two attached hydrogens (primary N) is 1. The molecule has 0 spiro atoms. The van der Waals surface area contributed by atoms with E-state index in [-0.39, 0.29) is 11.8 Å². The Kier molecular flexibility index (Phi) is 5.90. The summed E-state index contributed by atoms with van der Waals surface area (Å²) in [6.45, 7) is 4.98. The summed E-state index contributed by atoms with van der Waals surface area (Å²) in [5, 5.41) is 7.81. The van der Waals surface area contributed by atoms with Gasteiger partial charge in [0.15, 0.2) is 0 Å². The van der Waals surface area contributed by atoms with Crippen molar-refractivity contribution in [2.24, 2.45) is 5.73 Å². The molecule has 0 fully saturated rings. The fourth-order valence-electron chi connectivity index (χ4n) is 2.06. The van der Waals surface area contributed by atoms with Crippen molar-refractivity contribution in [1.82, 2.24) is 5.32 Å².